The highest BCUT2D eigenvalue weighted by atomic mass is 32.2. The summed E-state index contributed by atoms with van der Waals surface area (Å²) in [6, 6.07) is 4.51. The molecule has 1 aromatic heterocycles. The van der Waals surface area contributed by atoms with E-state index >= 15 is 0 Å². The predicted molar refractivity (Wildman–Crippen MR) is 73.0 cm³/mol. The molecule has 1 aromatic carbocycles. The third-order valence-electron chi connectivity index (χ3n) is 3.23. The highest BCUT2D eigenvalue weighted by molar-refractivity contribution is 7.89. The maximum absolute atomic E-state index is 12.3. The van der Waals surface area contributed by atoms with Gasteiger partial charge in [-0.25, -0.2) is 18.1 Å². The molecular weight excluding hydrogens is 278 g/mol. The Morgan fingerprint density at radius 2 is 2.30 bits per heavy atom. The van der Waals surface area contributed by atoms with E-state index in [1.54, 1.807) is 37.5 Å². The van der Waals surface area contributed by atoms with E-state index in [0.29, 0.717) is 12.4 Å². The smallest absolute Gasteiger partial charge is 0.241 e. The lowest BCUT2D eigenvalue weighted by atomic mass is 10.2. The van der Waals surface area contributed by atoms with Crippen molar-refractivity contribution in [3.63, 3.8) is 0 Å². The second kappa shape index (κ2) is 4.92. The minimum absolute atomic E-state index is 0.250. The number of hydrogen-bond acceptors (Lipinski definition) is 4. The van der Waals surface area contributed by atoms with Crippen LogP contribution in [0.4, 0.5) is 0 Å². The summed E-state index contributed by atoms with van der Waals surface area (Å²) in [5, 5.41) is 0. The normalized spacial score (nSPS) is 15.7. The van der Waals surface area contributed by atoms with Crippen LogP contribution in [0.3, 0.4) is 0 Å². The van der Waals surface area contributed by atoms with Gasteiger partial charge in [-0.1, -0.05) is 0 Å². The number of fused-ring (bicyclic) bond motifs is 1. The van der Waals surface area contributed by atoms with Crippen LogP contribution in [0, 0.1) is 0 Å². The summed E-state index contributed by atoms with van der Waals surface area (Å²) in [6.45, 7) is 2.35. The molecule has 2 heterocycles. The number of ether oxygens (including phenoxy) is 1. The summed E-state index contributed by atoms with van der Waals surface area (Å²) in [5.74, 6) is 1.35. The van der Waals surface area contributed by atoms with Crippen LogP contribution in [0.5, 0.6) is 5.75 Å². The summed E-state index contributed by atoms with van der Waals surface area (Å²) in [4.78, 5) is 7.19. The molecule has 0 aliphatic carbocycles. The number of imidazole rings is 1. The molecule has 6 nitrogen and oxygen atoms in total. The van der Waals surface area contributed by atoms with Gasteiger partial charge >= 0.3 is 0 Å². The number of aromatic nitrogens is 2. The van der Waals surface area contributed by atoms with Gasteiger partial charge in [0.15, 0.2) is 0 Å². The lowest BCUT2D eigenvalue weighted by molar-refractivity contribution is 0.356. The molecule has 0 spiro atoms. The van der Waals surface area contributed by atoms with Crippen molar-refractivity contribution in [2.24, 2.45) is 0 Å². The van der Waals surface area contributed by atoms with E-state index < -0.39 is 16.1 Å². The monoisotopic (exact) mass is 293 g/mol. The zero-order valence-corrected chi connectivity index (χ0v) is 11.8. The van der Waals surface area contributed by atoms with Crippen molar-refractivity contribution >= 4 is 10.0 Å². The Morgan fingerprint density at radius 3 is 3.05 bits per heavy atom. The van der Waals surface area contributed by atoms with E-state index in [0.717, 1.165) is 17.7 Å². The molecule has 2 aromatic rings. The number of sulfonamides is 1. The Kier molecular flexibility index (Phi) is 3.23. The van der Waals surface area contributed by atoms with Crippen LogP contribution in [0.25, 0.3) is 0 Å². The van der Waals surface area contributed by atoms with Crippen molar-refractivity contribution in [2.75, 3.05) is 6.61 Å². The lowest BCUT2D eigenvalue weighted by Crippen LogP contribution is -2.27. The maximum atomic E-state index is 12.3. The number of benzene rings is 1. The summed E-state index contributed by atoms with van der Waals surface area (Å²) in [6.07, 6.45) is 3.99. The average Bonchev–Trinajstić information content (AvgIpc) is 3.08. The molecule has 1 atom stereocenters. The lowest BCUT2D eigenvalue weighted by Gasteiger charge is -2.12. The molecule has 1 unspecified atom stereocenters. The summed E-state index contributed by atoms with van der Waals surface area (Å²) >= 11 is 0. The molecule has 1 aliphatic rings. The Balaban J connectivity index is 1.85. The van der Waals surface area contributed by atoms with E-state index in [1.165, 1.54) is 0 Å². The average molecular weight is 293 g/mol. The van der Waals surface area contributed by atoms with Crippen LogP contribution in [0.1, 0.15) is 24.4 Å². The topological polar surface area (TPSA) is 84.1 Å². The first kappa shape index (κ1) is 13.1. The molecule has 7 heteroatoms. The van der Waals surface area contributed by atoms with E-state index in [2.05, 4.69) is 14.7 Å². The van der Waals surface area contributed by atoms with E-state index in [1.807, 2.05) is 0 Å². The molecule has 0 fully saturated rings. The van der Waals surface area contributed by atoms with E-state index in [9.17, 15) is 8.42 Å². The van der Waals surface area contributed by atoms with Gasteiger partial charge in [0, 0.05) is 18.8 Å². The van der Waals surface area contributed by atoms with Crippen molar-refractivity contribution in [1.29, 1.82) is 0 Å². The Bertz CT molecular complexity index is 710. The van der Waals surface area contributed by atoms with Gasteiger partial charge in [0.1, 0.15) is 11.6 Å². The fourth-order valence-electron chi connectivity index (χ4n) is 2.20. The van der Waals surface area contributed by atoms with Gasteiger partial charge in [-0.2, -0.15) is 0 Å². The number of nitrogens with zero attached hydrogens (tertiary/aromatic N) is 1. The summed E-state index contributed by atoms with van der Waals surface area (Å²) < 4.78 is 32.7. The second-order valence-corrected chi connectivity index (χ2v) is 6.40. The first-order valence-electron chi connectivity index (χ1n) is 6.33. The van der Waals surface area contributed by atoms with Gasteiger partial charge in [0.2, 0.25) is 10.0 Å². The number of hydrogen-bond donors (Lipinski definition) is 2. The number of H-pyrrole nitrogens is 1. The Labute approximate surface area is 117 Å². The minimum atomic E-state index is -3.57. The molecule has 0 amide bonds. The Morgan fingerprint density at radius 1 is 1.45 bits per heavy atom. The molecule has 3 rings (SSSR count). The molecule has 0 saturated carbocycles. The predicted octanol–water partition coefficient (Wildman–Crippen LogP) is 1.38. The maximum Gasteiger partial charge on any atom is 0.241 e. The minimum Gasteiger partial charge on any atom is -0.493 e. The highest BCUT2D eigenvalue weighted by Gasteiger charge is 2.22. The van der Waals surface area contributed by atoms with Crippen molar-refractivity contribution in [3.05, 3.63) is 42.0 Å². The van der Waals surface area contributed by atoms with Crippen molar-refractivity contribution in [1.82, 2.24) is 14.7 Å². The zero-order valence-electron chi connectivity index (χ0n) is 11.0. The first-order chi connectivity index (χ1) is 9.56. The van der Waals surface area contributed by atoms with E-state index in [4.69, 9.17) is 4.74 Å². The molecular formula is C13H15N3O3S. The van der Waals surface area contributed by atoms with Crippen molar-refractivity contribution < 1.29 is 13.2 Å². The second-order valence-electron chi connectivity index (χ2n) is 4.69. The quantitative estimate of drug-likeness (QED) is 0.892. The number of nitrogens with one attached hydrogen (secondary N) is 2. The van der Waals surface area contributed by atoms with Gasteiger partial charge in [0.05, 0.1) is 17.5 Å². The highest BCUT2D eigenvalue weighted by Crippen LogP contribution is 2.27. The van der Waals surface area contributed by atoms with Gasteiger partial charge in [-0.05, 0) is 30.7 Å². The Hall–Kier alpha value is -1.86. The fourth-order valence-corrected chi connectivity index (χ4v) is 3.46. The van der Waals surface area contributed by atoms with Crippen LogP contribution >= 0.6 is 0 Å². The zero-order chi connectivity index (χ0) is 14.2. The SMILES string of the molecule is CC(NS(=O)(=O)c1ccc2c(c1)CCO2)c1ncc[nH]1. The van der Waals surface area contributed by atoms with Crippen LogP contribution in [-0.2, 0) is 16.4 Å². The molecule has 20 heavy (non-hydrogen) atoms. The largest absolute Gasteiger partial charge is 0.493 e. The van der Waals surface area contributed by atoms with Gasteiger partial charge in [0.25, 0.3) is 0 Å². The van der Waals surface area contributed by atoms with Gasteiger partial charge < -0.3 is 9.72 Å². The molecule has 106 valence electrons. The van der Waals surface area contributed by atoms with Crippen LogP contribution in [0.2, 0.25) is 0 Å². The fraction of sp³-hybridized carbons (Fsp3) is 0.308. The summed E-state index contributed by atoms with van der Waals surface area (Å²) in [5.41, 5.74) is 0.929. The molecule has 2 N–H and O–H groups in total. The van der Waals surface area contributed by atoms with Crippen LogP contribution in [0.15, 0.2) is 35.5 Å². The number of aromatic amines is 1. The van der Waals surface area contributed by atoms with E-state index in [-0.39, 0.29) is 4.90 Å². The molecule has 0 saturated heterocycles. The molecule has 0 bridgehead atoms. The third-order valence-corrected chi connectivity index (χ3v) is 4.77. The van der Waals surface area contributed by atoms with Crippen molar-refractivity contribution in [3.8, 4) is 5.75 Å². The van der Waals surface area contributed by atoms with Gasteiger partial charge in [-0.15, -0.1) is 0 Å². The molecule has 0 radical (unpaired) electrons. The number of rotatable bonds is 4. The van der Waals surface area contributed by atoms with Crippen LogP contribution < -0.4 is 9.46 Å². The molecule has 1 aliphatic heterocycles. The van der Waals surface area contributed by atoms with Gasteiger partial charge in [-0.3, -0.25) is 0 Å². The summed E-state index contributed by atoms with van der Waals surface area (Å²) in [7, 11) is -3.57. The first-order valence-corrected chi connectivity index (χ1v) is 7.82. The van der Waals surface area contributed by atoms with Crippen LogP contribution in [-0.4, -0.2) is 25.0 Å². The third kappa shape index (κ3) is 2.41. The van der Waals surface area contributed by atoms with Crippen molar-refractivity contribution in [2.45, 2.75) is 24.3 Å². The standard InChI is InChI=1S/C13H15N3O3S/c1-9(13-14-5-6-15-13)16-20(17,18)11-2-3-12-10(8-11)4-7-19-12/h2-3,5-6,8-9,16H,4,7H2,1H3,(H,14,15).